The van der Waals surface area contributed by atoms with Crippen molar-refractivity contribution in [1.82, 2.24) is 4.72 Å². The van der Waals surface area contributed by atoms with E-state index in [1.165, 1.54) is 19.2 Å². The Balaban J connectivity index is 3.22. The topological polar surface area (TPSA) is 98.5 Å². The van der Waals surface area contributed by atoms with Crippen molar-refractivity contribution in [3.8, 4) is 5.75 Å². The normalized spacial score (nSPS) is 13.0. The summed E-state index contributed by atoms with van der Waals surface area (Å²) < 4.78 is 31.0. The number of nitrogens with one attached hydrogen (secondary N) is 1. The van der Waals surface area contributed by atoms with Gasteiger partial charge >= 0.3 is 5.69 Å². The molecule has 1 rings (SSSR count). The largest absolute Gasteiger partial charge is 0.490 e. The summed E-state index contributed by atoms with van der Waals surface area (Å²) in [5.41, 5.74) is -0.413. The van der Waals surface area contributed by atoms with Crippen LogP contribution in [0.4, 0.5) is 5.69 Å². The lowest BCUT2D eigenvalue weighted by Crippen LogP contribution is -2.33. The molecular formula is C10H13ClN2O5S. The van der Waals surface area contributed by atoms with Crippen molar-refractivity contribution in [2.75, 3.05) is 13.0 Å². The first-order chi connectivity index (χ1) is 8.81. The van der Waals surface area contributed by atoms with Gasteiger partial charge in [0.05, 0.1) is 16.9 Å². The van der Waals surface area contributed by atoms with Gasteiger partial charge in [0.25, 0.3) is 0 Å². The molecule has 0 spiro atoms. The minimum absolute atomic E-state index is 0.00524. The number of hydrogen-bond acceptors (Lipinski definition) is 5. The van der Waals surface area contributed by atoms with Crippen molar-refractivity contribution in [3.63, 3.8) is 0 Å². The fraction of sp³-hybridized carbons (Fsp3) is 0.400. The van der Waals surface area contributed by atoms with Crippen molar-refractivity contribution in [2.24, 2.45) is 0 Å². The third-order valence-corrected chi connectivity index (χ3v) is 4.30. The Labute approximate surface area is 115 Å². The second-order valence-electron chi connectivity index (χ2n) is 3.77. The van der Waals surface area contributed by atoms with Gasteiger partial charge in [-0.25, -0.2) is 13.1 Å². The zero-order valence-electron chi connectivity index (χ0n) is 10.3. The number of alkyl halides is 1. The van der Waals surface area contributed by atoms with Crippen LogP contribution in [-0.4, -0.2) is 32.4 Å². The molecule has 1 unspecified atom stereocenters. The monoisotopic (exact) mass is 308 g/mol. The predicted molar refractivity (Wildman–Crippen MR) is 70.2 cm³/mol. The number of benzene rings is 1. The van der Waals surface area contributed by atoms with E-state index in [4.69, 9.17) is 16.3 Å². The van der Waals surface area contributed by atoms with Crippen molar-refractivity contribution >= 4 is 27.3 Å². The predicted octanol–water partition coefficient (Wildman–Crippen LogP) is 1.51. The highest BCUT2D eigenvalue weighted by molar-refractivity contribution is 7.89. The summed E-state index contributed by atoms with van der Waals surface area (Å²) in [7, 11) is -2.58. The number of methoxy groups -OCH3 is 1. The summed E-state index contributed by atoms with van der Waals surface area (Å²) in [6.07, 6.45) is 0. The van der Waals surface area contributed by atoms with Crippen LogP contribution in [0.15, 0.2) is 23.1 Å². The van der Waals surface area contributed by atoms with Crippen LogP contribution in [0.1, 0.15) is 6.92 Å². The van der Waals surface area contributed by atoms with E-state index >= 15 is 0 Å². The van der Waals surface area contributed by atoms with E-state index in [0.29, 0.717) is 0 Å². The zero-order chi connectivity index (χ0) is 14.6. The molecule has 0 aromatic heterocycles. The number of halogens is 1. The lowest BCUT2D eigenvalue weighted by Gasteiger charge is -2.11. The SMILES string of the molecule is COc1ccc(S(=O)(=O)NC(C)CCl)cc1[N+](=O)[O-]. The molecule has 0 saturated heterocycles. The third-order valence-electron chi connectivity index (χ3n) is 2.25. The molecular weight excluding hydrogens is 296 g/mol. The Morgan fingerprint density at radius 1 is 1.53 bits per heavy atom. The Kier molecular flexibility index (Phi) is 5.10. The summed E-state index contributed by atoms with van der Waals surface area (Å²) in [5, 5.41) is 10.8. The van der Waals surface area contributed by atoms with Gasteiger partial charge in [0.2, 0.25) is 10.0 Å². The number of nitro benzene ring substituents is 1. The van der Waals surface area contributed by atoms with Crippen LogP contribution in [-0.2, 0) is 10.0 Å². The molecule has 0 fully saturated rings. The van der Waals surface area contributed by atoms with Crippen LogP contribution < -0.4 is 9.46 Å². The van der Waals surface area contributed by atoms with Crippen molar-refractivity contribution in [3.05, 3.63) is 28.3 Å². The molecule has 0 aliphatic rings. The van der Waals surface area contributed by atoms with Crippen LogP contribution >= 0.6 is 11.6 Å². The molecule has 0 aliphatic carbocycles. The summed E-state index contributed by atoms with van der Waals surface area (Å²) in [4.78, 5) is 9.91. The van der Waals surface area contributed by atoms with E-state index in [-0.39, 0.29) is 16.5 Å². The molecule has 1 atom stereocenters. The lowest BCUT2D eigenvalue weighted by molar-refractivity contribution is -0.386. The molecule has 1 aromatic carbocycles. The highest BCUT2D eigenvalue weighted by Crippen LogP contribution is 2.29. The molecule has 1 N–H and O–H groups in total. The van der Waals surface area contributed by atoms with Crippen LogP contribution in [0.25, 0.3) is 0 Å². The van der Waals surface area contributed by atoms with Gasteiger partial charge in [-0.1, -0.05) is 0 Å². The quantitative estimate of drug-likeness (QED) is 0.488. The van der Waals surface area contributed by atoms with Gasteiger partial charge in [-0.15, -0.1) is 11.6 Å². The van der Waals surface area contributed by atoms with Gasteiger partial charge < -0.3 is 4.74 Å². The highest BCUT2D eigenvalue weighted by Gasteiger charge is 2.23. The molecule has 0 amide bonds. The molecule has 0 saturated carbocycles. The summed E-state index contributed by atoms with van der Waals surface area (Å²) in [6, 6.07) is 2.93. The molecule has 0 bridgehead atoms. The van der Waals surface area contributed by atoms with Gasteiger partial charge in [0, 0.05) is 18.0 Å². The molecule has 0 radical (unpaired) electrons. The number of rotatable bonds is 6. The second-order valence-corrected chi connectivity index (χ2v) is 5.79. The smallest absolute Gasteiger partial charge is 0.312 e. The Morgan fingerprint density at radius 3 is 2.63 bits per heavy atom. The van der Waals surface area contributed by atoms with Crippen LogP contribution in [0.3, 0.4) is 0 Å². The van der Waals surface area contributed by atoms with E-state index in [1.807, 2.05) is 0 Å². The van der Waals surface area contributed by atoms with Gasteiger partial charge in [-0.05, 0) is 19.1 Å². The fourth-order valence-corrected chi connectivity index (χ4v) is 2.78. The van der Waals surface area contributed by atoms with E-state index in [0.717, 1.165) is 6.07 Å². The first kappa shape index (κ1) is 15.7. The average molecular weight is 309 g/mol. The van der Waals surface area contributed by atoms with E-state index in [9.17, 15) is 18.5 Å². The van der Waals surface area contributed by atoms with Crippen LogP contribution in [0, 0.1) is 10.1 Å². The maximum absolute atomic E-state index is 11.9. The van der Waals surface area contributed by atoms with Gasteiger partial charge in [0.15, 0.2) is 5.75 Å². The molecule has 0 aliphatic heterocycles. The van der Waals surface area contributed by atoms with Gasteiger partial charge in [-0.2, -0.15) is 0 Å². The Bertz CT molecular complexity index is 575. The van der Waals surface area contributed by atoms with Crippen LogP contribution in [0.2, 0.25) is 0 Å². The van der Waals surface area contributed by atoms with E-state index < -0.39 is 26.7 Å². The minimum atomic E-state index is -3.85. The minimum Gasteiger partial charge on any atom is -0.490 e. The molecule has 1 aromatic rings. The fourth-order valence-electron chi connectivity index (χ4n) is 1.34. The third kappa shape index (κ3) is 3.79. The maximum atomic E-state index is 11.9. The Morgan fingerprint density at radius 2 is 2.16 bits per heavy atom. The molecule has 9 heteroatoms. The summed E-state index contributed by atoms with van der Waals surface area (Å²) in [6.45, 7) is 1.59. The Hall–Kier alpha value is -1.38. The summed E-state index contributed by atoms with van der Waals surface area (Å²) >= 11 is 5.52. The standard InChI is InChI=1S/C10H13ClN2O5S/c1-7(6-11)12-19(16,17)8-3-4-10(18-2)9(5-8)13(14)15/h3-5,7,12H,6H2,1-2H3. The molecule has 7 nitrogen and oxygen atoms in total. The van der Waals surface area contributed by atoms with Crippen molar-refractivity contribution in [1.29, 1.82) is 0 Å². The average Bonchev–Trinajstić information content (AvgIpc) is 2.37. The summed E-state index contributed by atoms with van der Waals surface area (Å²) in [5.74, 6) is 0.0895. The second kappa shape index (κ2) is 6.18. The maximum Gasteiger partial charge on any atom is 0.312 e. The van der Waals surface area contributed by atoms with Crippen LogP contribution in [0.5, 0.6) is 5.75 Å². The molecule has 19 heavy (non-hydrogen) atoms. The van der Waals surface area contributed by atoms with E-state index in [2.05, 4.69) is 4.72 Å². The molecule has 0 heterocycles. The lowest BCUT2D eigenvalue weighted by atomic mass is 10.3. The number of nitro groups is 1. The van der Waals surface area contributed by atoms with Gasteiger partial charge in [0.1, 0.15) is 0 Å². The van der Waals surface area contributed by atoms with Crippen molar-refractivity contribution < 1.29 is 18.1 Å². The molecule has 106 valence electrons. The van der Waals surface area contributed by atoms with Crippen molar-refractivity contribution in [2.45, 2.75) is 17.9 Å². The first-order valence-electron chi connectivity index (χ1n) is 5.22. The first-order valence-corrected chi connectivity index (χ1v) is 7.24. The number of ether oxygens (including phenoxy) is 1. The van der Waals surface area contributed by atoms with E-state index in [1.54, 1.807) is 6.92 Å². The number of nitrogens with zero attached hydrogens (tertiary/aromatic N) is 1. The number of hydrogen-bond donors (Lipinski definition) is 1. The zero-order valence-corrected chi connectivity index (χ0v) is 11.9. The number of sulfonamides is 1. The highest BCUT2D eigenvalue weighted by atomic mass is 35.5. The van der Waals surface area contributed by atoms with Gasteiger partial charge in [-0.3, -0.25) is 10.1 Å².